The summed E-state index contributed by atoms with van der Waals surface area (Å²) in [7, 11) is 0. The van der Waals surface area contributed by atoms with E-state index in [0.717, 1.165) is 12.1 Å². The van der Waals surface area contributed by atoms with Crippen LogP contribution in [0.4, 0.5) is 0 Å². The van der Waals surface area contributed by atoms with Gasteiger partial charge in [0.15, 0.2) is 0 Å². The Balaban J connectivity index is 2.23. The van der Waals surface area contributed by atoms with E-state index in [9.17, 15) is 4.79 Å². The molecular formula is C12H13NO. The Morgan fingerprint density at radius 2 is 2.36 bits per heavy atom. The van der Waals surface area contributed by atoms with Crippen LogP contribution in [0, 0.1) is 0 Å². The minimum atomic E-state index is 0.152. The van der Waals surface area contributed by atoms with Gasteiger partial charge in [0, 0.05) is 18.9 Å². The fourth-order valence-electron chi connectivity index (χ4n) is 1.78. The Morgan fingerprint density at radius 1 is 1.50 bits per heavy atom. The fourth-order valence-corrected chi connectivity index (χ4v) is 1.78. The molecule has 2 nitrogen and oxygen atoms in total. The molecule has 1 amide bonds. The minimum absolute atomic E-state index is 0.152. The highest BCUT2D eigenvalue weighted by atomic mass is 16.1. The third-order valence-corrected chi connectivity index (χ3v) is 2.60. The standard InChI is InChI=1S/C12H13NO/c1-2-9-4-3-5-10(6-9)11-7-12(14)13-8-11/h2-6,11H,1,7-8H2,(H,13,14). The third-order valence-electron chi connectivity index (χ3n) is 2.60. The van der Waals surface area contributed by atoms with Crippen molar-refractivity contribution in [3.8, 4) is 0 Å². The monoisotopic (exact) mass is 187 g/mol. The SMILES string of the molecule is C=Cc1cccc(C2CNC(=O)C2)c1. The normalized spacial score (nSPS) is 20.6. The summed E-state index contributed by atoms with van der Waals surface area (Å²) in [6.07, 6.45) is 2.44. The van der Waals surface area contributed by atoms with Crippen LogP contribution in [0.25, 0.3) is 6.08 Å². The molecule has 0 aromatic heterocycles. The van der Waals surface area contributed by atoms with Gasteiger partial charge in [-0.15, -0.1) is 0 Å². The van der Waals surface area contributed by atoms with E-state index in [2.05, 4.69) is 24.0 Å². The van der Waals surface area contributed by atoms with Crippen LogP contribution in [0.2, 0.25) is 0 Å². The largest absolute Gasteiger partial charge is 0.355 e. The zero-order valence-corrected chi connectivity index (χ0v) is 7.99. The number of nitrogens with one attached hydrogen (secondary N) is 1. The number of carbonyl (C=O) groups is 1. The van der Waals surface area contributed by atoms with Gasteiger partial charge in [-0.1, -0.05) is 36.9 Å². The van der Waals surface area contributed by atoms with Crippen molar-refractivity contribution in [1.82, 2.24) is 5.32 Å². The van der Waals surface area contributed by atoms with Crippen LogP contribution in [0.3, 0.4) is 0 Å². The summed E-state index contributed by atoms with van der Waals surface area (Å²) in [4.78, 5) is 11.0. The van der Waals surface area contributed by atoms with Gasteiger partial charge in [0.1, 0.15) is 0 Å². The lowest BCUT2D eigenvalue weighted by Gasteiger charge is -2.07. The minimum Gasteiger partial charge on any atom is -0.355 e. The lowest BCUT2D eigenvalue weighted by atomic mass is 9.96. The van der Waals surface area contributed by atoms with Crippen molar-refractivity contribution in [2.45, 2.75) is 12.3 Å². The predicted octanol–water partition coefficient (Wildman–Crippen LogP) is 1.93. The average molecular weight is 187 g/mol. The highest BCUT2D eigenvalue weighted by molar-refractivity contribution is 5.79. The molecule has 0 spiro atoms. The highest BCUT2D eigenvalue weighted by Gasteiger charge is 2.22. The summed E-state index contributed by atoms with van der Waals surface area (Å²) in [5, 5.41) is 2.84. The Bertz CT molecular complexity index is 370. The second-order valence-corrected chi connectivity index (χ2v) is 3.58. The van der Waals surface area contributed by atoms with Crippen molar-refractivity contribution in [3.63, 3.8) is 0 Å². The van der Waals surface area contributed by atoms with Crippen molar-refractivity contribution in [1.29, 1.82) is 0 Å². The third kappa shape index (κ3) is 1.69. The molecule has 1 aromatic rings. The Labute approximate surface area is 83.6 Å². The van der Waals surface area contributed by atoms with E-state index in [1.165, 1.54) is 5.56 Å². The first kappa shape index (κ1) is 9.00. The maximum absolute atomic E-state index is 11.0. The zero-order valence-electron chi connectivity index (χ0n) is 7.99. The van der Waals surface area contributed by atoms with Crippen molar-refractivity contribution >= 4 is 12.0 Å². The average Bonchev–Trinajstić information content (AvgIpc) is 2.65. The molecular weight excluding hydrogens is 174 g/mol. The second kappa shape index (κ2) is 3.66. The van der Waals surface area contributed by atoms with Crippen molar-refractivity contribution in [3.05, 3.63) is 42.0 Å². The van der Waals surface area contributed by atoms with Gasteiger partial charge in [0.25, 0.3) is 0 Å². The molecule has 1 N–H and O–H groups in total. The molecule has 2 rings (SSSR count). The summed E-state index contributed by atoms with van der Waals surface area (Å²) in [5.41, 5.74) is 2.34. The van der Waals surface area contributed by atoms with Crippen LogP contribution in [0.1, 0.15) is 23.5 Å². The van der Waals surface area contributed by atoms with E-state index in [4.69, 9.17) is 0 Å². The number of amides is 1. The van der Waals surface area contributed by atoms with E-state index in [0.29, 0.717) is 12.3 Å². The first-order chi connectivity index (χ1) is 6.79. The zero-order chi connectivity index (χ0) is 9.97. The molecule has 1 saturated heterocycles. The van der Waals surface area contributed by atoms with Gasteiger partial charge in [-0.25, -0.2) is 0 Å². The van der Waals surface area contributed by atoms with Crippen LogP contribution in [0.15, 0.2) is 30.8 Å². The lowest BCUT2D eigenvalue weighted by Crippen LogP contribution is -2.13. The van der Waals surface area contributed by atoms with E-state index in [-0.39, 0.29) is 5.91 Å². The Hall–Kier alpha value is -1.57. The first-order valence-corrected chi connectivity index (χ1v) is 4.78. The van der Waals surface area contributed by atoms with E-state index < -0.39 is 0 Å². The molecule has 72 valence electrons. The molecule has 1 aromatic carbocycles. The van der Waals surface area contributed by atoms with Crippen LogP contribution < -0.4 is 5.32 Å². The molecule has 0 aliphatic carbocycles. The van der Waals surface area contributed by atoms with Crippen molar-refractivity contribution < 1.29 is 4.79 Å². The van der Waals surface area contributed by atoms with Gasteiger partial charge in [-0.3, -0.25) is 4.79 Å². The van der Waals surface area contributed by atoms with Gasteiger partial charge in [-0.05, 0) is 11.1 Å². The number of rotatable bonds is 2. The molecule has 0 bridgehead atoms. The molecule has 0 saturated carbocycles. The van der Waals surface area contributed by atoms with Crippen LogP contribution in [-0.4, -0.2) is 12.5 Å². The van der Waals surface area contributed by atoms with E-state index >= 15 is 0 Å². The number of benzene rings is 1. The Morgan fingerprint density at radius 3 is 3.00 bits per heavy atom. The smallest absolute Gasteiger partial charge is 0.220 e. The second-order valence-electron chi connectivity index (χ2n) is 3.58. The van der Waals surface area contributed by atoms with Gasteiger partial charge in [0.05, 0.1) is 0 Å². The van der Waals surface area contributed by atoms with Gasteiger partial charge in [-0.2, -0.15) is 0 Å². The molecule has 14 heavy (non-hydrogen) atoms. The van der Waals surface area contributed by atoms with Crippen LogP contribution >= 0.6 is 0 Å². The van der Waals surface area contributed by atoms with Crippen molar-refractivity contribution in [2.24, 2.45) is 0 Å². The molecule has 1 atom stereocenters. The summed E-state index contributed by atoms with van der Waals surface area (Å²) >= 11 is 0. The summed E-state index contributed by atoms with van der Waals surface area (Å²) in [6.45, 7) is 4.49. The molecule has 1 heterocycles. The van der Waals surface area contributed by atoms with Gasteiger partial charge < -0.3 is 5.32 Å². The molecule has 1 aliphatic heterocycles. The number of hydrogen-bond acceptors (Lipinski definition) is 1. The van der Waals surface area contributed by atoms with Crippen LogP contribution in [-0.2, 0) is 4.79 Å². The van der Waals surface area contributed by atoms with Gasteiger partial charge >= 0.3 is 0 Å². The maximum atomic E-state index is 11.0. The van der Waals surface area contributed by atoms with Gasteiger partial charge in [0.2, 0.25) is 5.91 Å². The molecule has 1 aliphatic rings. The molecule has 1 unspecified atom stereocenters. The maximum Gasteiger partial charge on any atom is 0.220 e. The van der Waals surface area contributed by atoms with Crippen LogP contribution in [0.5, 0.6) is 0 Å². The van der Waals surface area contributed by atoms with E-state index in [1.807, 2.05) is 18.2 Å². The fraction of sp³-hybridized carbons (Fsp3) is 0.250. The Kier molecular flexibility index (Phi) is 2.35. The lowest BCUT2D eigenvalue weighted by molar-refractivity contribution is -0.119. The molecule has 0 radical (unpaired) electrons. The predicted molar refractivity (Wildman–Crippen MR) is 56.9 cm³/mol. The summed E-state index contributed by atoms with van der Waals surface area (Å²) in [6, 6.07) is 8.19. The quantitative estimate of drug-likeness (QED) is 0.753. The summed E-state index contributed by atoms with van der Waals surface area (Å²) in [5.74, 6) is 0.487. The highest BCUT2D eigenvalue weighted by Crippen LogP contribution is 2.23. The number of hydrogen-bond donors (Lipinski definition) is 1. The summed E-state index contributed by atoms with van der Waals surface area (Å²) < 4.78 is 0. The van der Waals surface area contributed by atoms with Crippen molar-refractivity contribution in [2.75, 3.05) is 6.54 Å². The van der Waals surface area contributed by atoms with E-state index in [1.54, 1.807) is 0 Å². The topological polar surface area (TPSA) is 29.1 Å². The number of carbonyl (C=O) groups excluding carboxylic acids is 1. The first-order valence-electron chi connectivity index (χ1n) is 4.78. The molecule has 1 fully saturated rings. The molecule has 2 heteroatoms.